The predicted octanol–water partition coefficient (Wildman–Crippen LogP) is 6.50. The van der Waals surface area contributed by atoms with E-state index < -0.39 is 8.32 Å². The van der Waals surface area contributed by atoms with Crippen LogP contribution in [0, 0.1) is 17.3 Å². The molecule has 0 radical (unpaired) electrons. The molecule has 1 aromatic rings. The van der Waals surface area contributed by atoms with Crippen molar-refractivity contribution in [1.82, 2.24) is 0 Å². The highest BCUT2D eigenvalue weighted by Gasteiger charge is 2.54. The number of hydrogen-bond acceptors (Lipinski definition) is 2. The molecule has 3 heteroatoms. The van der Waals surface area contributed by atoms with Crippen LogP contribution in [-0.4, -0.2) is 14.1 Å². The number of benzene rings is 1. The van der Waals surface area contributed by atoms with Crippen molar-refractivity contribution in [1.29, 1.82) is 0 Å². The summed E-state index contributed by atoms with van der Waals surface area (Å²) in [4.78, 5) is 12.5. The van der Waals surface area contributed by atoms with Crippen LogP contribution in [0.15, 0.2) is 18.2 Å². The van der Waals surface area contributed by atoms with E-state index in [9.17, 15) is 4.79 Å². The van der Waals surface area contributed by atoms with Crippen molar-refractivity contribution in [3.8, 4) is 5.75 Å². The van der Waals surface area contributed by atoms with Crippen LogP contribution in [0.5, 0.6) is 5.75 Å². The topological polar surface area (TPSA) is 26.3 Å². The quantitative estimate of drug-likeness (QED) is 0.542. The molecule has 4 atom stereocenters. The summed E-state index contributed by atoms with van der Waals surface area (Å²) < 4.78 is 6.50. The standard InChI is InChI=1S/C24H36O2Si/c1-5-6-15-27(3,4)26-18-8-10-19-17(16-18)7-9-21-20(19)13-14-24(2)22(21)11-12-23(24)25/h8,10,16,20-22H,5-7,9,11-15H2,1-4H3/t20-,21-,22+,24+/m1/s1. The van der Waals surface area contributed by atoms with Crippen LogP contribution in [0.2, 0.25) is 19.1 Å². The van der Waals surface area contributed by atoms with Gasteiger partial charge in [0.15, 0.2) is 0 Å². The summed E-state index contributed by atoms with van der Waals surface area (Å²) in [6, 6.07) is 8.18. The number of aryl methyl sites for hydroxylation is 1. The van der Waals surface area contributed by atoms with Gasteiger partial charge in [0.2, 0.25) is 8.32 Å². The van der Waals surface area contributed by atoms with Crippen molar-refractivity contribution in [2.45, 2.75) is 90.3 Å². The zero-order valence-corrected chi connectivity index (χ0v) is 18.6. The van der Waals surface area contributed by atoms with Crippen molar-refractivity contribution >= 4 is 14.1 Å². The summed E-state index contributed by atoms with van der Waals surface area (Å²) in [5, 5.41) is 0. The van der Waals surface area contributed by atoms with Gasteiger partial charge >= 0.3 is 0 Å². The molecule has 0 amide bonds. The van der Waals surface area contributed by atoms with E-state index in [1.165, 1.54) is 37.3 Å². The van der Waals surface area contributed by atoms with Crippen molar-refractivity contribution in [2.75, 3.05) is 0 Å². The number of carbonyl (C=O) groups excluding carboxylic acids is 1. The zero-order chi connectivity index (χ0) is 19.2. The summed E-state index contributed by atoms with van der Waals surface area (Å²) in [5.41, 5.74) is 3.06. The van der Waals surface area contributed by atoms with Crippen LogP contribution in [0.3, 0.4) is 0 Å². The maximum absolute atomic E-state index is 12.5. The Hall–Kier alpha value is -1.09. The Labute approximate surface area is 166 Å². The average Bonchev–Trinajstić information content (AvgIpc) is 2.94. The first kappa shape index (κ1) is 19.2. The van der Waals surface area contributed by atoms with E-state index in [4.69, 9.17) is 4.43 Å². The van der Waals surface area contributed by atoms with Gasteiger partial charge in [-0.3, -0.25) is 4.79 Å². The molecule has 2 saturated carbocycles. The highest BCUT2D eigenvalue weighted by Crippen LogP contribution is 2.59. The van der Waals surface area contributed by atoms with Gasteiger partial charge in [0.25, 0.3) is 0 Å². The number of Topliss-reactive ketones (excluding diaryl/α,β-unsaturated/α-hetero) is 1. The molecule has 27 heavy (non-hydrogen) atoms. The van der Waals surface area contributed by atoms with Gasteiger partial charge < -0.3 is 4.43 Å². The van der Waals surface area contributed by atoms with E-state index in [1.807, 2.05) is 0 Å². The van der Waals surface area contributed by atoms with Gasteiger partial charge in [-0.1, -0.05) is 32.8 Å². The molecule has 2 nitrogen and oxygen atoms in total. The Morgan fingerprint density at radius 3 is 2.78 bits per heavy atom. The van der Waals surface area contributed by atoms with E-state index >= 15 is 0 Å². The maximum atomic E-state index is 12.5. The number of fused-ring (bicyclic) bond motifs is 5. The maximum Gasteiger partial charge on any atom is 0.245 e. The highest BCUT2D eigenvalue weighted by molar-refractivity contribution is 6.71. The molecular formula is C24H36O2Si. The van der Waals surface area contributed by atoms with Crippen molar-refractivity contribution < 1.29 is 9.22 Å². The first-order valence-electron chi connectivity index (χ1n) is 11.2. The van der Waals surface area contributed by atoms with Crippen molar-refractivity contribution in [2.24, 2.45) is 17.3 Å². The molecule has 1 aromatic carbocycles. The fraction of sp³-hybridized carbons (Fsp3) is 0.708. The van der Waals surface area contributed by atoms with Crippen LogP contribution >= 0.6 is 0 Å². The molecule has 0 aliphatic heterocycles. The van der Waals surface area contributed by atoms with Crippen LogP contribution in [0.25, 0.3) is 0 Å². The van der Waals surface area contributed by atoms with Gasteiger partial charge in [0.1, 0.15) is 11.5 Å². The second-order valence-electron chi connectivity index (χ2n) is 10.2. The Kier molecular flexibility index (Phi) is 5.03. The number of unbranched alkanes of at least 4 members (excludes halogenated alkanes) is 1. The van der Waals surface area contributed by atoms with E-state index in [0.717, 1.165) is 31.4 Å². The van der Waals surface area contributed by atoms with E-state index in [-0.39, 0.29) is 5.41 Å². The summed E-state index contributed by atoms with van der Waals surface area (Å²) in [6.07, 6.45) is 9.16. The summed E-state index contributed by atoms with van der Waals surface area (Å²) >= 11 is 0. The lowest BCUT2D eigenvalue weighted by molar-refractivity contribution is -0.129. The van der Waals surface area contributed by atoms with Gasteiger partial charge in [0, 0.05) is 11.8 Å². The lowest BCUT2D eigenvalue weighted by Gasteiger charge is -2.48. The van der Waals surface area contributed by atoms with Crippen LogP contribution < -0.4 is 4.43 Å². The number of hydrogen-bond donors (Lipinski definition) is 0. The fourth-order valence-electron chi connectivity index (χ4n) is 6.37. The van der Waals surface area contributed by atoms with Gasteiger partial charge in [-0.15, -0.1) is 0 Å². The molecule has 0 saturated heterocycles. The second-order valence-corrected chi connectivity index (χ2v) is 14.4. The average molecular weight is 385 g/mol. The zero-order valence-electron chi connectivity index (χ0n) is 17.6. The Bertz CT molecular complexity index is 725. The molecular weight excluding hydrogens is 348 g/mol. The van der Waals surface area contributed by atoms with Crippen LogP contribution in [0.4, 0.5) is 0 Å². The minimum atomic E-state index is -1.62. The minimum absolute atomic E-state index is 0.0172. The third-order valence-electron chi connectivity index (χ3n) is 7.93. The number of ketones is 1. The summed E-state index contributed by atoms with van der Waals surface area (Å²) in [5.74, 6) is 3.63. The van der Waals surface area contributed by atoms with Crippen molar-refractivity contribution in [3.63, 3.8) is 0 Å². The lowest BCUT2D eigenvalue weighted by atomic mass is 9.55. The predicted molar refractivity (Wildman–Crippen MR) is 114 cm³/mol. The third kappa shape index (κ3) is 3.41. The third-order valence-corrected chi connectivity index (χ3v) is 10.3. The first-order valence-corrected chi connectivity index (χ1v) is 14.3. The largest absolute Gasteiger partial charge is 0.544 e. The Morgan fingerprint density at radius 1 is 1.19 bits per heavy atom. The Balaban J connectivity index is 1.53. The van der Waals surface area contributed by atoms with Gasteiger partial charge in [-0.2, -0.15) is 0 Å². The molecule has 0 heterocycles. The fourth-order valence-corrected chi connectivity index (χ4v) is 8.44. The highest BCUT2D eigenvalue weighted by atomic mass is 28.4. The number of rotatable bonds is 5. The molecule has 0 bridgehead atoms. The molecule has 0 unspecified atom stereocenters. The van der Waals surface area contributed by atoms with Gasteiger partial charge in [-0.25, -0.2) is 0 Å². The molecule has 2 fully saturated rings. The number of carbonyl (C=O) groups is 1. The van der Waals surface area contributed by atoms with Crippen LogP contribution in [-0.2, 0) is 11.2 Å². The Morgan fingerprint density at radius 2 is 2.00 bits per heavy atom. The molecule has 148 valence electrons. The molecule has 0 spiro atoms. The lowest BCUT2D eigenvalue weighted by Crippen LogP contribution is -2.42. The summed E-state index contributed by atoms with van der Waals surface area (Å²) in [6.45, 7) is 9.21. The van der Waals surface area contributed by atoms with E-state index in [0.29, 0.717) is 23.5 Å². The first-order chi connectivity index (χ1) is 12.8. The van der Waals surface area contributed by atoms with Gasteiger partial charge in [-0.05, 0) is 92.3 Å². The smallest absolute Gasteiger partial charge is 0.245 e. The van der Waals surface area contributed by atoms with Gasteiger partial charge in [0.05, 0.1) is 0 Å². The van der Waals surface area contributed by atoms with Crippen molar-refractivity contribution in [3.05, 3.63) is 29.3 Å². The molecule has 0 N–H and O–H groups in total. The molecule has 3 aliphatic carbocycles. The molecule has 3 aliphatic rings. The SMILES string of the molecule is CCCC[Si](C)(C)Oc1ccc2c(c1)CC[C@@H]1[C@@H]2CC[C@]2(C)C(=O)CC[C@@H]12. The van der Waals surface area contributed by atoms with E-state index in [2.05, 4.69) is 45.1 Å². The minimum Gasteiger partial charge on any atom is -0.544 e. The monoisotopic (exact) mass is 384 g/mol. The molecule has 4 rings (SSSR count). The van der Waals surface area contributed by atoms with Crippen LogP contribution in [0.1, 0.15) is 75.8 Å². The molecule has 0 aromatic heterocycles. The van der Waals surface area contributed by atoms with E-state index in [1.54, 1.807) is 5.56 Å². The summed E-state index contributed by atoms with van der Waals surface area (Å²) in [7, 11) is -1.62. The normalized spacial score (nSPS) is 32.6. The second kappa shape index (κ2) is 7.06.